The molecule has 0 aromatic heterocycles. The molecular weight excluding hydrogens is 344 g/mol. The summed E-state index contributed by atoms with van der Waals surface area (Å²) in [5.41, 5.74) is 3.04. The van der Waals surface area contributed by atoms with Crippen LogP contribution in [0.5, 0.6) is 0 Å². The Morgan fingerprint density at radius 2 is 1.73 bits per heavy atom. The molecule has 2 amide bonds. The summed E-state index contributed by atoms with van der Waals surface area (Å²) >= 11 is 3.43. The normalized spacial score (nSPS) is 10.3. The fourth-order valence-corrected chi connectivity index (χ4v) is 2.47. The second-order valence-electron chi connectivity index (χ2n) is 4.96. The average molecular weight is 363 g/mol. The van der Waals surface area contributed by atoms with E-state index < -0.39 is 0 Å². The minimum Gasteiger partial charge on any atom is -0.392 e. The smallest absolute Gasteiger partial charge is 0.315 e. The number of halogens is 1. The summed E-state index contributed by atoms with van der Waals surface area (Å²) < 4.78 is 1.04. The Morgan fingerprint density at radius 3 is 2.41 bits per heavy atom. The first-order valence-corrected chi connectivity index (χ1v) is 7.91. The summed E-state index contributed by atoms with van der Waals surface area (Å²) in [4.78, 5) is 11.7. The Labute approximate surface area is 138 Å². The van der Waals surface area contributed by atoms with Crippen LogP contribution in [-0.2, 0) is 19.6 Å². The zero-order valence-corrected chi connectivity index (χ0v) is 13.8. The molecule has 0 fully saturated rings. The lowest BCUT2D eigenvalue weighted by atomic mass is 10.1. The van der Waals surface area contributed by atoms with Crippen molar-refractivity contribution in [3.05, 3.63) is 69.7 Å². The van der Waals surface area contributed by atoms with Gasteiger partial charge in [-0.25, -0.2) is 4.79 Å². The number of amides is 2. The molecule has 5 heteroatoms. The molecule has 0 spiro atoms. The van der Waals surface area contributed by atoms with Gasteiger partial charge in [0.1, 0.15) is 0 Å². The van der Waals surface area contributed by atoms with E-state index in [1.807, 2.05) is 48.5 Å². The molecule has 2 rings (SSSR count). The van der Waals surface area contributed by atoms with E-state index in [1.54, 1.807) is 0 Å². The lowest BCUT2D eigenvalue weighted by Crippen LogP contribution is -2.36. The number of aliphatic hydroxyl groups is 1. The van der Waals surface area contributed by atoms with Crippen LogP contribution in [0, 0.1) is 0 Å². The predicted octanol–water partition coefficient (Wildman–Crippen LogP) is 2.98. The first-order chi connectivity index (χ1) is 10.7. The summed E-state index contributed by atoms with van der Waals surface area (Å²) in [7, 11) is 0. The molecule has 0 saturated heterocycles. The number of benzene rings is 2. The molecule has 3 N–H and O–H groups in total. The summed E-state index contributed by atoms with van der Waals surface area (Å²) in [6.07, 6.45) is 0.790. The van der Waals surface area contributed by atoms with Crippen LogP contribution in [0.15, 0.2) is 53.0 Å². The molecule has 0 saturated carbocycles. The van der Waals surface area contributed by atoms with Gasteiger partial charge in [-0.1, -0.05) is 52.3 Å². The highest BCUT2D eigenvalue weighted by Gasteiger charge is 2.01. The van der Waals surface area contributed by atoms with Crippen molar-refractivity contribution >= 4 is 22.0 Å². The molecule has 0 aliphatic rings. The maximum absolute atomic E-state index is 11.7. The van der Waals surface area contributed by atoms with Crippen LogP contribution in [0.2, 0.25) is 0 Å². The van der Waals surface area contributed by atoms with Crippen molar-refractivity contribution in [2.75, 3.05) is 6.54 Å². The van der Waals surface area contributed by atoms with Crippen LogP contribution in [0.25, 0.3) is 0 Å². The third-order valence-corrected chi connectivity index (χ3v) is 3.74. The minimum absolute atomic E-state index is 0.0315. The first-order valence-electron chi connectivity index (χ1n) is 7.12. The molecule has 0 heterocycles. The van der Waals surface area contributed by atoms with E-state index in [9.17, 15) is 4.79 Å². The van der Waals surface area contributed by atoms with E-state index in [-0.39, 0.29) is 12.6 Å². The number of hydrogen-bond acceptors (Lipinski definition) is 2. The van der Waals surface area contributed by atoms with Crippen molar-refractivity contribution in [1.29, 1.82) is 0 Å². The Morgan fingerprint density at radius 1 is 1.00 bits per heavy atom. The second kappa shape index (κ2) is 8.56. The molecule has 0 unspecified atom stereocenters. The fraction of sp³-hybridized carbons (Fsp3) is 0.235. The lowest BCUT2D eigenvalue weighted by Gasteiger charge is -2.08. The Kier molecular flexibility index (Phi) is 6.43. The monoisotopic (exact) mass is 362 g/mol. The zero-order chi connectivity index (χ0) is 15.8. The largest absolute Gasteiger partial charge is 0.392 e. The maximum atomic E-state index is 11.7. The van der Waals surface area contributed by atoms with Gasteiger partial charge in [0.25, 0.3) is 0 Å². The van der Waals surface area contributed by atoms with E-state index >= 15 is 0 Å². The van der Waals surface area contributed by atoms with Gasteiger partial charge >= 0.3 is 6.03 Å². The minimum atomic E-state index is -0.179. The Bertz CT molecular complexity index is 614. The molecule has 116 valence electrons. The van der Waals surface area contributed by atoms with Gasteiger partial charge in [-0.2, -0.15) is 0 Å². The van der Waals surface area contributed by atoms with Crippen LogP contribution in [0.3, 0.4) is 0 Å². The van der Waals surface area contributed by atoms with Gasteiger partial charge in [-0.15, -0.1) is 0 Å². The number of hydrogen-bond donors (Lipinski definition) is 3. The van der Waals surface area contributed by atoms with Gasteiger partial charge in [0.15, 0.2) is 0 Å². The van der Waals surface area contributed by atoms with Gasteiger partial charge in [-0.05, 0) is 35.2 Å². The van der Waals surface area contributed by atoms with Gasteiger partial charge in [0.2, 0.25) is 0 Å². The van der Waals surface area contributed by atoms with E-state index in [0.29, 0.717) is 13.1 Å². The van der Waals surface area contributed by atoms with Gasteiger partial charge in [-0.3, -0.25) is 0 Å². The SMILES string of the molecule is O=C(NCCc1cccc(Br)c1)NCc1ccc(CO)cc1. The lowest BCUT2D eigenvalue weighted by molar-refractivity contribution is 0.240. The average Bonchev–Trinajstić information content (AvgIpc) is 2.53. The van der Waals surface area contributed by atoms with Crippen molar-refractivity contribution in [2.24, 2.45) is 0 Å². The number of carbonyl (C=O) groups excluding carboxylic acids is 1. The Balaban J connectivity index is 1.69. The van der Waals surface area contributed by atoms with E-state index in [0.717, 1.165) is 22.0 Å². The number of rotatable bonds is 6. The van der Waals surface area contributed by atoms with Gasteiger partial charge in [0.05, 0.1) is 6.61 Å². The molecule has 0 atom stereocenters. The number of carbonyl (C=O) groups is 1. The zero-order valence-electron chi connectivity index (χ0n) is 12.2. The fourth-order valence-electron chi connectivity index (χ4n) is 2.02. The van der Waals surface area contributed by atoms with Crippen LogP contribution in [-0.4, -0.2) is 17.7 Å². The van der Waals surface area contributed by atoms with Crippen LogP contribution in [0.1, 0.15) is 16.7 Å². The third kappa shape index (κ3) is 5.50. The van der Waals surface area contributed by atoms with Crippen molar-refractivity contribution in [3.8, 4) is 0 Å². The van der Waals surface area contributed by atoms with Crippen molar-refractivity contribution < 1.29 is 9.90 Å². The molecule has 0 bridgehead atoms. The van der Waals surface area contributed by atoms with Gasteiger partial charge in [0, 0.05) is 17.6 Å². The summed E-state index contributed by atoms with van der Waals surface area (Å²) in [6.45, 7) is 1.09. The van der Waals surface area contributed by atoms with E-state index in [2.05, 4.69) is 26.6 Å². The quantitative estimate of drug-likeness (QED) is 0.739. The summed E-state index contributed by atoms with van der Waals surface area (Å²) in [6, 6.07) is 15.3. The third-order valence-electron chi connectivity index (χ3n) is 3.25. The van der Waals surface area contributed by atoms with E-state index in [1.165, 1.54) is 5.56 Å². The molecule has 2 aromatic rings. The summed E-state index contributed by atoms with van der Waals surface area (Å²) in [5, 5.41) is 14.6. The molecule has 0 aliphatic heterocycles. The number of aliphatic hydroxyl groups excluding tert-OH is 1. The molecule has 0 aliphatic carbocycles. The van der Waals surface area contributed by atoms with Crippen molar-refractivity contribution in [1.82, 2.24) is 10.6 Å². The summed E-state index contributed by atoms with van der Waals surface area (Å²) in [5.74, 6) is 0. The maximum Gasteiger partial charge on any atom is 0.315 e. The van der Waals surface area contributed by atoms with E-state index in [4.69, 9.17) is 5.11 Å². The highest BCUT2D eigenvalue weighted by atomic mass is 79.9. The Hall–Kier alpha value is -1.85. The molecular formula is C17H19BrN2O2. The predicted molar refractivity (Wildman–Crippen MR) is 90.4 cm³/mol. The topological polar surface area (TPSA) is 61.4 Å². The number of urea groups is 1. The molecule has 2 aromatic carbocycles. The van der Waals surface area contributed by atoms with Crippen LogP contribution >= 0.6 is 15.9 Å². The van der Waals surface area contributed by atoms with Crippen molar-refractivity contribution in [2.45, 2.75) is 19.6 Å². The molecule has 0 radical (unpaired) electrons. The van der Waals surface area contributed by atoms with Gasteiger partial charge < -0.3 is 15.7 Å². The standard InChI is InChI=1S/C17H19BrN2O2/c18-16-3-1-2-13(10-16)8-9-19-17(22)20-11-14-4-6-15(12-21)7-5-14/h1-7,10,21H,8-9,11-12H2,(H2,19,20,22). The second-order valence-corrected chi connectivity index (χ2v) is 5.88. The highest BCUT2D eigenvalue weighted by Crippen LogP contribution is 2.11. The van der Waals surface area contributed by atoms with Crippen LogP contribution in [0.4, 0.5) is 4.79 Å². The molecule has 4 nitrogen and oxygen atoms in total. The van der Waals surface area contributed by atoms with Crippen LogP contribution < -0.4 is 10.6 Å². The molecule has 22 heavy (non-hydrogen) atoms. The van der Waals surface area contributed by atoms with Crippen molar-refractivity contribution in [3.63, 3.8) is 0 Å². The highest BCUT2D eigenvalue weighted by molar-refractivity contribution is 9.10. The number of nitrogens with one attached hydrogen (secondary N) is 2. The first kappa shape index (κ1) is 16.5.